The summed E-state index contributed by atoms with van der Waals surface area (Å²) in [4.78, 5) is 12.3. The van der Waals surface area contributed by atoms with E-state index in [0.29, 0.717) is 33.3 Å². The summed E-state index contributed by atoms with van der Waals surface area (Å²) in [7, 11) is 1.74. The van der Waals surface area contributed by atoms with Crippen molar-refractivity contribution < 1.29 is 4.39 Å². The fourth-order valence-corrected chi connectivity index (χ4v) is 3.03. The molecular formula is C15H9Cl2FN6. The van der Waals surface area contributed by atoms with Crippen molar-refractivity contribution in [2.24, 2.45) is 7.05 Å². The summed E-state index contributed by atoms with van der Waals surface area (Å²) in [5.74, 6) is -0.0157. The van der Waals surface area contributed by atoms with Gasteiger partial charge in [0.2, 0.25) is 0 Å². The summed E-state index contributed by atoms with van der Waals surface area (Å²) in [6.45, 7) is 0. The van der Waals surface area contributed by atoms with E-state index in [1.54, 1.807) is 30.1 Å². The second-order valence-electron chi connectivity index (χ2n) is 5.18. The van der Waals surface area contributed by atoms with Gasteiger partial charge in [0.05, 0.1) is 10.9 Å². The highest BCUT2D eigenvalue weighted by molar-refractivity contribution is 6.37. The standard InChI is InChI=1S/C15H9Cl2FN6/c1-24-5-7-2-8(3-9(18)13(7)23-24)21-15-12-10(19-6-20-15)4-11(16)22-14(12)17/h2-6H,1H3,(H,19,20,21). The van der Waals surface area contributed by atoms with Gasteiger partial charge in [0.25, 0.3) is 0 Å². The summed E-state index contributed by atoms with van der Waals surface area (Å²) in [6.07, 6.45) is 3.10. The maximum atomic E-state index is 14.2. The Morgan fingerprint density at radius 3 is 2.83 bits per heavy atom. The predicted molar refractivity (Wildman–Crippen MR) is 91.3 cm³/mol. The van der Waals surface area contributed by atoms with Gasteiger partial charge in [-0.3, -0.25) is 4.68 Å². The lowest BCUT2D eigenvalue weighted by atomic mass is 10.2. The molecule has 4 rings (SSSR count). The van der Waals surface area contributed by atoms with Crippen molar-refractivity contribution in [3.05, 3.63) is 46.8 Å². The van der Waals surface area contributed by atoms with Crippen LogP contribution < -0.4 is 5.32 Å². The van der Waals surface area contributed by atoms with Crippen molar-refractivity contribution in [3.63, 3.8) is 0 Å². The molecule has 0 bridgehead atoms. The normalized spacial score (nSPS) is 11.3. The Hall–Kier alpha value is -2.51. The molecule has 1 aromatic carbocycles. The van der Waals surface area contributed by atoms with Crippen LogP contribution in [0.2, 0.25) is 10.3 Å². The third-order valence-electron chi connectivity index (χ3n) is 3.48. The van der Waals surface area contributed by atoms with Crippen LogP contribution in [0.5, 0.6) is 0 Å². The third-order valence-corrected chi connectivity index (χ3v) is 3.95. The van der Waals surface area contributed by atoms with Gasteiger partial charge in [-0.25, -0.2) is 19.3 Å². The van der Waals surface area contributed by atoms with Gasteiger partial charge in [0.15, 0.2) is 5.82 Å². The number of aromatic nitrogens is 5. The minimum atomic E-state index is -0.429. The SMILES string of the molecule is Cn1cc2cc(Nc3ncnc4cc(Cl)nc(Cl)c34)cc(F)c2n1. The van der Waals surface area contributed by atoms with E-state index in [9.17, 15) is 4.39 Å². The van der Waals surface area contributed by atoms with Gasteiger partial charge in [-0.1, -0.05) is 23.2 Å². The summed E-state index contributed by atoms with van der Waals surface area (Å²) < 4.78 is 15.8. The van der Waals surface area contributed by atoms with Crippen LogP contribution in [0.25, 0.3) is 21.8 Å². The molecular weight excluding hydrogens is 354 g/mol. The number of fused-ring (bicyclic) bond motifs is 2. The van der Waals surface area contributed by atoms with Crippen molar-refractivity contribution >= 4 is 56.5 Å². The van der Waals surface area contributed by atoms with E-state index in [0.717, 1.165) is 0 Å². The minimum Gasteiger partial charge on any atom is -0.339 e. The van der Waals surface area contributed by atoms with Crippen molar-refractivity contribution in [1.82, 2.24) is 24.7 Å². The maximum absolute atomic E-state index is 14.2. The zero-order chi connectivity index (χ0) is 16.8. The Balaban J connectivity index is 1.85. The molecule has 6 nitrogen and oxygen atoms in total. The zero-order valence-corrected chi connectivity index (χ0v) is 13.8. The number of aryl methyl sites for hydroxylation is 1. The van der Waals surface area contributed by atoms with Crippen LogP contribution >= 0.6 is 23.2 Å². The fraction of sp³-hybridized carbons (Fsp3) is 0.0667. The molecule has 0 saturated heterocycles. The Morgan fingerprint density at radius 1 is 1.17 bits per heavy atom. The Morgan fingerprint density at radius 2 is 2.00 bits per heavy atom. The van der Waals surface area contributed by atoms with Crippen LogP contribution in [-0.4, -0.2) is 24.7 Å². The molecule has 4 aromatic rings. The molecule has 3 heterocycles. The molecule has 1 N–H and O–H groups in total. The lowest BCUT2D eigenvalue weighted by molar-refractivity contribution is 0.633. The van der Waals surface area contributed by atoms with Gasteiger partial charge in [0, 0.05) is 30.4 Å². The summed E-state index contributed by atoms with van der Waals surface area (Å²) in [5, 5.41) is 8.72. The molecule has 24 heavy (non-hydrogen) atoms. The van der Waals surface area contributed by atoms with Gasteiger partial charge in [0.1, 0.15) is 28.0 Å². The Bertz CT molecular complexity index is 1090. The van der Waals surface area contributed by atoms with E-state index < -0.39 is 5.82 Å². The van der Waals surface area contributed by atoms with E-state index in [1.165, 1.54) is 12.4 Å². The van der Waals surface area contributed by atoms with Gasteiger partial charge in [-0.05, 0) is 12.1 Å². The molecule has 0 unspecified atom stereocenters. The van der Waals surface area contributed by atoms with Crippen LogP contribution in [0.1, 0.15) is 0 Å². The molecule has 0 spiro atoms. The van der Waals surface area contributed by atoms with Crippen LogP contribution in [0.4, 0.5) is 15.9 Å². The molecule has 0 aliphatic heterocycles. The largest absolute Gasteiger partial charge is 0.339 e. The number of nitrogens with zero attached hydrogens (tertiary/aromatic N) is 5. The van der Waals surface area contributed by atoms with Crippen LogP contribution in [0.3, 0.4) is 0 Å². The lowest BCUT2D eigenvalue weighted by Gasteiger charge is -2.09. The molecule has 0 amide bonds. The number of anilines is 2. The number of pyridine rings is 1. The van der Waals surface area contributed by atoms with E-state index in [2.05, 4.69) is 25.4 Å². The first-order valence-electron chi connectivity index (χ1n) is 6.88. The van der Waals surface area contributed by atoms with Crippen molar-refractivity contribution in [2.75, 3.05) is 5.32 Å². The Labute approximate surface area is 145 Å². The molecule has 9 heteroatoms. The number of benzene rings is 1. The zero-order valence-electron chi connectivity index (χ0n) is 12.3. The predicted octanol–water partition coefficient (Wildman–Crippen LogP) is 4.10. The lowest BCUT2D eigenvalue weighted by Crippen LogP contribution is -1.98. The first-order valence-corrected chi connectivity index (χ1v) is 7.63. The molecule has 0 aliphatic carbocycles. The molecule has 0 saturated carbocycles. The van der Waals surface area contributed by atoms with Crippen molar-refractivity contribution in [2.45, 2.75) is 0 Å². The number of hydrogen-bond donors (Lipinski definition) is 1. The fourth-order valence-electron chi connectivity index (χ4n) is 2.52. The molecule has 0 radical (unpaired) electrons. The van der Waals surface area contributed by atoms with E-state index in [1.807, 2.05) is 0 Å². The third kappa shape index (κ3) is 2.51. The molecule has 0 atom stereocenters. The van der Waals surface area contributed by atoms with Crippen molar-refractivity contribution in [3.8, 4) is 0 Å². The second-order valence-corrected chi connectivity index (χ2v) is 5.92. The molecule has 3 aromatic heterocycles. The van der Waals surface area contributed by atoms with E-state index in [-0.39, 0.29) is 10.3 Å². The first-order chi connectivity index (χ1) is 11.5. The summed E-state index contributed by atoms with van der Waals surface area (Å²) in [6, 6.07) is 4.71. The highest BCUT2D eigenvalue weighted by Gasteiger charge is 2.13. The molecule has 0 fully saturated rings. The second kappa shape index (κ2) is 5.54. The van der Waals surface area contributed by atoms with Crippen LogP contribution in [0, 0.1) is 5.82 Å². The van der Waals surface area contributed by atoms with Crippen molar-refractivity contribution in [1.29, 1.82) is 0 Å². The smallest absolute Gasteiger partial charge is 0.153 e. The van der Waals surface area contributed by atoms with Crippen LogP contribution in [0.15, 0.2) is 30.7 Å². The summed E-state index contributed by atoms with van der Waals surface area (Å²) in [5.41, 5.74) is 1.36. The number of nitrogens with one attached hydrogen (secondary N) is 1. The van der Waals surface area contributed by atoms with E-state index >= 15 is 0 Å². The average Bonchev–Trinajstić information content (AvgIpc) is 2.87. The van der Waals surface area contributed by atoms with Gasteiger partial charge >= 0.3 is 0 Å². The topological polar surface area (TPSA) is 68.5 Å². The van der Waals surface area contributed by atoms with Gasteiger partial charge in [-0.15, -0.1) is 0 Å². The molecule has 120 valence electrons. The monoisotopic (exact) mass is 362 g/mol. The van der Waals surface area contributed by atoms with Gasteiger partial charge in [-0.2, -0.15) is 5.10 Å². The summed E-state index contributed by atoms with van der Waals surface area (Å²) >= 11 is 12.1. The highest BCUT2D eigenvalue weighted by atomic mass is 35.5. The minimum absolute atomic E-state index is 0.170. The Kier molecular flexibility index (Phi) is 3.47. The number of hydrogen-bond acceptors (Lipinski definition) is 5. The molecule has 0 aliphatic rings. The number of halogens is 3. The average molecular weight is 363 g/mol. The van der Waals surface area contributed by atoms with Gasteiger partial charge < -0.3 is 5.32 Å². The quantitative estimate of drug-likeness (QED) is 0.543. The van der Waals surface area contributed by atoms with E-state index in [4.69, 9.17) is 23.2 Å². The first kappa shape index (κ1) is 15.0. The highest BCUT2D eigenvalue weighted by Crippen LogP contribution is 2.31. The van der Waals surface area contributed by atoms with Crippen LogP contribution in [-0.2, 0) is 7.05 Å². The number of rotatable bonds is 2. The maximum Gasteiger partial charge on any atom is 0.153 e.